The number of hydrogen-bond acceptors (Lipinski definition) is 3. The van der Waals surface area contributed by atoms with Crippen molar-refractivity contribution in [1.29, 1.82) is 0 Å². The molecule has 0 saturated heterocycles. The minimum Gasteiger partial charge on any atom is -0.489 e. The van der Waals surface area contributed by atoms with E-state index in [0.717, 1.165) is 47.3 Å². The van der Waals surface area contributed by atoms with Gasteiger partial charge in [0.05, 0.1) is 6.04 Å². The first-order chi connectivity index (χ1) is 18.0. The minimum atomic E-state index is -0.327. The second-order valence-corrected chi connectivity index (χ2v) is 9.52. The van der Waals surface area contributed by atoms with E-state index >= 15 is 0 Å². The molecule has 0 radical (unpaired) electrons. The minimum absolute atomic E-state index is 0.0417. The van der Waals surface area contributed by atoms with Crippen LogP contribution in [0, 0.1) is 12.7 Å². The number of hydrogen-bond donors (Lipinski definition) is 1. The first-order valence-electron chi connectivity index (χ1n) is 12.8. The Labute approximate surface area is 219 Å². The van der Waals surface area contributed by atoms with Crippen LogP contribution in [0.25, 0.3) is 0 Å². The van der Waals surface area contributed by atoms with Crippen molar-refractivity contribution < 1.29 is 13.9 Å². The molecule has 0 saturated carbocycles. The lowest BCUT2D eigenvalue weighted by atomic mass is 10.0. The number of ketones is 1. The number of ether oxygens (including phenoxy) is 1. The molecular weight excluding hydrogens is 461 g/mol. The summed E-state index contributed by atoms with van der Waals surface area (Å²) in [5.74, 6) is 0.575. The maximum atomic E-state index is 13.1. The third-order valence-electron chi connectivity index (χ3n) is 6.55. The summed E-state index contributed by atoms with van der Waals surface area (Å²) in [6.45, 7) is 4.97. The van der Waals surface area contributed by atoms with Crippen LogP contribution in [0.3, 0.4) is 0 Å². The summed E-state index contributed by atoms with van der Waals surface area (Å²) in [7, 11) is 0. The Morgan fingerprint density at radius 1 is 0.811 bits per heavy atom. The highest BCUT2D eigenvalue weighted by atomic mass is 19.1. The fourth-order valence-corrected chi connectivity index (χ4v) is 4.30. The molecule has 4 aromatic carbocycles. The molecule has 0 bridgehead atoms. The van der Waals surface area contributed by atoms with Gasteiger partial charge in [-0.1, -0.05) is 78.9 Å². The van der Waals surface area contributed by atoms with Crippen molar-refractivity contribution in [2.75, 3.05) is 0 Å². The van der Waals surface area contributed by atoms with E-state index in [-0.39, 0.29) is 17.6 Å². The first kappa shape index (κ1) is 26.3. The van der Waals surface area contributed by atoms with Gasteiger partial charge < -0.3 is 10.1 Å². The van der Waals surface area contributed by atoms with Crippen LogP contribution >= 0.6 is 0 Å². The van der Waals surface area contributed by atoms with Crippen molar-refractivity contribution >= 4 is 5.78 Å². The molecule has 0 aliphatic carbocycles. The van der Waals surface area contributed by atoms with Gasteiger partial charge in [-0.3, -0.25) is 4.79 Å². The summed E-state index contributed by atoms with van der Waals surface area (Å²) < 4.78 is 19.1. The van der Waals surface area contributed by atoms with E-state index < -0.39 is 0 Å². The van der Waals surface area contributed by atoms with Gasteiger partial charge in [0, 0.05) is 12.1 Å². The summed E-state index contributed by atoms with van der Waals surface area (Å²) in [6, 6.07) is 30.5. The van der Waals surface area contributed by atoms with Gasteiger partial charge in [-0.05, 0) is 79.1 Å². The quantitative estimate of drug-likeness (QED) is 0.210. The Bertz CT molecular complexity index is 1300. The van der Waals surface area contributed by atoms with Crippen LogP contribution in [0.1, 0.15) is 51.5 Å². The lowest BCUT2D eigenvalue weighted by molar-refractivity contribution is 0.0950. The zero-order valence-electron chi connectivity index (χ0n) is 21.5. The molecule has 0 heterocycles. The number of Topliss-reactive ketones (excluding diaryl/α,β-unsaturated/α-hetero) is 1. The van der Waals surface area contributed by atoms with Crippen LogP contribution in [0.15, 0.2) is 97.1 Å². The number of carbonyl (C=O) groups is 1. The van der Waals surface area contributed by atoms with Crippen LogP contribution in [-0.4, -0.2) is 11.8 Å². The van der Waals surface area contributed by atoms with E-state index in [1.54, 1.807) is 0 Å². The number of aryl methyl sites for hydroxylation is 3. The van der Waals surface area contributed by atoms with Crippen LogP contribution in [-0.2, 0) is 26.0 Å². The van der Waals surface area contributed by atoms with E-state index in [9.17, 15) is 9.18 Å². The number of halogens is 1. The van der Waals surface area contributed by atoms with Crippen LogP contribution < -0.4 is 10.1 Å². The van der Waals surface area contributed by atoms with Gasteiger partial charge in [0.15, 0.2) is 5.78 Å². The highest BCUT2D eigenvalue weighted by Gasteiger charge is 2.16. The topological polar surface area (TPSA) is 38.3 Å². The summed E-state index contributed by atoms with van der Waals surface area (Å²) in [6.07, 6.45) is 2.87. The second-order valence-electron chi connectivity index (χ2n) is 9.52. The van der Waals surface area contributed by atoms with Gasteiger partial charge in [0.2, 0.25) is 0 Å². The SMILES string of the molecule is Cc1ccc(C(=O)C(C)NCc2cccc(CCCc3ccc(F)cc3)c2)cc1OCc1ccccc1. The average molecular weight is 496 g/mol. The molecule has 0 aliphatic rings. The van der Waals surface area contributed by atoms with Gasteiger partial charge in [-0.2, -0.15) is 0 Å². The average Bonchev–Trinajstić information content (AvgIpc) is 2.93. The summed E-state index contributed by atoms with van der Waals surface area (Å²) in [4.78, 5) is 13.1. The van der Waals surface area contributed by atoms with Gasteiger partial charge >= 0.3 is 0 Å². The fourth-order valence-electron chi connectivity index (χ4n) is 4.30. The van der Waals surface area contributed by atoms with Crippen molar-refractivity contribution in [3.63, 3.8) is 0 Å². The zero-order valence-corrected chi connectivity index (χ0v) is 21.5. The highest BCUT2D eigenvalue weighted by Crippen LogP contribution is 2.22. The van der Waals surface area contributed by atoms with Crippen LogP contribution in [0.2, 0.25) is 0 Å². The Morgan fingerprint density at radius 2 is 1.51 bits per heavy atom. The van der Waals surface area contributed by atoms with Crippen LogP contribution in [0.5, 0.6) is 5.75 Å². The first-order valence-corrected chi connectivity index (χ1v) is 12.8. The van der Waals surface area contributed by atoms with Crippen molar-refractivity contribution in [3.8, 4) is 5.75 Å². The summed E-state index contributed by atoms with van der Waals surface area (Å²) in [5, 5.41) is 3.38. The molecule has 0 spiro atoms. The Hall–Kier alpha value is -3.76. The van der Waals surface area contributed by atoms with Crippen molar-refractivity contribution in [2.24, 2.45) is 0 Å². The molecule has 0 aliphatic heterocycles. The lowest BCUT2D eigenvalue weighted by Crippen LogP contribution is -2.33. The molecule has 37 heavy (non-hydrogen) atoms. The van der Waals surface area contributed by atoms with Gasteiger partial charge in [0.1, 0.15) is 18.2 Å². The summed E-state index contributed by atoms with van der Waals surface area (Å²) >= 11 is 0. The molecular formula is C33H34FNO2. The van der Waals surface area contributed by atoms with Crippen LogP contribution in [0.4, 0.5) is 4.39 Å². The predicted octanol–water partition coefficient (Wildman–Crippen LogP) is 7.25. The molecule has 3 nitrogen and oxygen atoms in total. The van der Waals surface area contributed by atoms with Gasteiger partial charge in [0.25, 0.3) is 0 Å². The maximum absolute atomic E-state index is 13.1. The van der Waals surface area contributed by atoms with Gasteiger partial charge in [-0.15, -0.1) is 0 Å². The molecule has 1 atom stereocenters. The molecule has 4 rings (SSSR count). The number of benzene rings is 4. The van der Waals surface area contributed by atoms with E-state index in [1.165, 1.54) is 17.7 Å². The second kappa shape index (κ2) is 13.0. The Kier molecular flexibility index (Phi) is 9.23. The molecule has 1 unspecified atom stereocenters. The Balaban J connectivity index is 1.29. The smallest absolute Gasteiger partial charge is 0.179 e. The third-order valence-corrected chi connectivity index (χ3v) is 6.55. The zero-order chi connectivity index (χ0) is 26.0. The lowest BCUT2D eigenvalue weighted by Gasteiger charge is -2.15. The molecule has 0 aromatic heterocycles. The summed E-state index contributed by atoms with van der Waals surface area (Å²) in [5.41, 5.74) is 6.30. The number of carbonyl (C=O) groups excluding carboxylic acids is 1. The molecule has 4 aromatic rings. The fraction of sp³-hybridized carbons (Fsp3) is 0.242. The number of nitrogens with one attached hydrogen (secondary N) is 1. The van der Waals surface area contributed by atoms with Crippen molar-refractivity contribution in [1.82, 2.24) is 5.32 Å². The maximum Gasteiger partial charge on any atom is 0.179 e. The van der Waals surface area contributed by atoms with Crippen molar-refractivity contribution in [3.05, 3.63) is 136 Å². The monoisotopic (exact) mass is 495 g/mol. The molecule has 0 fully saturated rings. The third kappa shape index (κ3) is 7.86. The van der Waals surface area contributed by atoms with Gasteiger partial charge in [-0.25, -0.2) is 4.39 Å². The molecule has 4 heteroatoms. The highest BCUT2D eigenvalue weighted by molar-refractivity contribution is 6.00. The molecule has 0 amide bonds. The normalized spacial score (nSPS) is 11.8. The van der Waals surface area contributed by atoms with E-state index in [0.29, 0.717) is 18.7 Å². The predicted molar refractivity (Wildman–Crippen MR) is 147 cm³/mol. The largest absolute Gasteiger partial charge is 0.489 e. The van der Waals surface area contributed by atoms with E-state index in [4.69, 9.17) is 4.74 Å². The molecule has 1 N–H and O–H groups in total. The van der Waals surface area contributed by atoms with E-state index in [1.807, 2.05) is 74.5 Å². The molecule has 190 valence electrons. The standard InChI is InChI=1S/C33H34FNO2/c1-24-14-17-30(21-32(24)37-23-28-8-4-3-5-9-28)33(36)25(2)35-22-29-13-7-12-27(20-29)11-6-10-26-15-18-31(34)19-16-26/h3-5,7-9,12-21,25,35H,6,10-11,22-23H2,1-2H3. The Morgan fingerprint density at radius 3 is 2.30 bits per heavy atom. The number of rotatable bonds is 12. The van der Waals surface area contributed by atoms with E-state index in [2.05, 4.69) is 29.6 Å². The van der Waals surface area contributed by atoms with Crippen molar-refractivity contribution in [2.45, 2.75) is 52.3 Å².